The van der Waals surface area contributed by atoms with Crippen molar-refractivity contribution in [3.8, 4) is 11.3 Å². The summed E-state index contributed by atoms with van der Waals surface area (Å²) in [5, 5.41) is 30.9. The highest BCUT2D eigenvalue weighted by molar-refractivity contribution is 8.77. The number of hydrogen-bond acceptors (Lipinski definition) is 10. The van der Waals surface area contributed by atoms with Gasteiger partial charge < -0.3 is 36.4 Å². The highest BCUT2D eigenvalue weighted by Gasteiger charge is 2.39. The Kier molecular flexibility index (Phi) is 24.4. The Hall–Kier alpha value is -4.63. The Morgan fingerprint density at radius 2 is 1.35 bits per heavy atom. The third kappa shape index (κ3) is 20.4. The maximum atomic E-state index is 13.4. The van der Waals surface area contributed by atoms with Crippen molar-refractivity contribution in [2.75, 3.05) is 19.0 Å². The van der Waals surface area contributed by atoms with Crippen LogP contribution in [-0.2, 0) is 14.4 Å². The Morgan fingerprint density at radius 1 is 0.807 bits per heavy atom. The largest absolute Gasteiger partial charge is 0.394 e. The van der Waals surface area contributed by atoms with Crippen LogP contribution in [0.4, 0.5) is 0 Å². The van der Waals surface area contributed by atoms with E-state index in [-0.39, 0.29) is 23.8 Å². The zero-order chi connectivity index (χ0) is 41.7. The van der Waals surface area contributed by atoms with Crippen molar-refractivity contribution in [3.05, 3.63) is 115 Å². The van der Waals surface area contributed by atoms with Crippen LogP contribution in [0, 0.1) is 0 Å². The number of nitrogens with two attached hydrogens (primary N) is 1. The summed E-state index contributed by atoms with van der Waals surface area (Å²) in [6.45, 7) is 4.52. The van der Waals surface area contributed by atoms with Gasteiger partial charge in [0.1, 0.15) is 12.1 Å². The number of carbonyl (C=O) groups is 4. The van der Waals surface area contributed by atoms with E-state index in [4.69, 9.17) is 10.3 Å². The van der Waals surface area contributed by atoms with Crippen LogP contribution in [0.2, 0.25) is 0 Å². The number of primary amides is 1. The normalized spacial score (nSPS) is 13.5. The fourth-order valence-corrected chi connectivity index (χ4v) is 7.76. The summed E-state index contributed by atoms with van der Waals surface area (Å²) >= 11 is 0. The number of allylic oxidation sites excluding steroid dienone is 12. The van der Waals surface area contributed by atoms with Crippen molar-refractivity contribution in [1.82, 2.24) is 21.1 Å². The summed E-state index contributed by atoms with van der Waals surface area (Å²) in [6.07, 6.45) is 31.6. The quantitative estimate of drug-likeness (QED) is 0.0406. The molecular formula is C43H59N5O7S2. The molecule has 0 unspecified atom stereocenters. The van der Waals surface area contributed by atoms with Gasteiger partial charge in [0.25, 0.3) is 5.91 Å². The lowest BCUT2D eigenvalue weighted by Gasteiger charge is -2.33. The first-order valence-electron chi connectivity index (χ1n) is 19.2. The molecule has 310 valence electrons. The number of benzene rings is 1. The van der Waals surface area contributed by atoms with Gasteiger partial charge in [0, 0.05) is 28.6 Å². The summed E-state index contributed by atoms with van der Waals surface area (Å²) in [4.78, 5) is 51.6. The Morgan fingerprint density at radius 3 is 1.88 bits per heavy atom. The Labute approximate surface area is 345 Å². The fraction of sp³-hybridized carbons (Fsp3) is 0.419. The molecule has 0 saturated heterocycles. The van der Waals surface area contributed by atoms with Crippen LogP contribution in [0.5, 0.6) is 0 Å². The van der Waals surface area contributed by atoms with Crippen molar-refractivity contribution in [2.24, 2.45) is 5.73 Å². The third-order valence-corrected chi connectivity index (χ3v) is 11.4. The number of amides is 4. The topological polar surface area (TPSA) is 197 Å². The van der Waals surface area contributed by atoms with Gasteiger partial charge in [-0.1, -0.05) is 137 Å². The number of carbonyl (C=O) groups excluding carboxylic acids is 4. The number of aromatic nitrogens is 1. The third-order valence-electron chi connectivity index (χ3n) is 8.14. The SMILES string of the molecule is CC/C=C\C/C=C\C/C=C\C/C=C\C/C=C\C/C=C\CCC(=O)N[C@@H](CSSC(C)(C)[C@H](NC(=O)c1cc(-c2ccccc2)on1)C(=O)NC(CO)CO)C(N)=O. The maximum absolute atomic E-state index is 13.4. The highest BCUT2D eigenvalue weighted by Crippen LogP contribution is 2.39. The molecule has 0 fully saturated rings. The first kappa shape index (κ1) is 48.5. The second kappa shape index (κ2) is 28.7. The van der Waals surface area contributed by atoms with E-state index in [9.17, 15) is 29.4 Å². The van der Waals surface area contributed by atoms with Gasteiger partial charge in [-0.2, -0.15) is 0 Å². The number of rotatable bonds is 28. The average Bonchev–Trinajstić information content (AvgIpc) is 3.70. The number of aliphatic hydroxyl groups excluding tert-OH is 2. The van der Waals surface area contributed by atoms with Crippen molar-refractivity contribution in [3.63, 3.8) is 0 Å². The summed E-state index contributed by atoms with van der Waals surface area (Å²) < 4.78 is 4.33. The van der Waals surface area contributed by atoms with Crippen LogP contribution in [0.1, 0.15) is 82.6 Å². The van der Waals surface area contributed by atoms with Crippen LogP contribution in [0.3, 0.4) is 0 Å². The van der Waals surface area contributed by atoms with Gasteiger partial charge in [-0.25, -0.2) is 0 Å². The van der Waals surface area contributed by atoms with Gasteiger partial charge in [0.2, 0.25) is 17.7 Å². The van der Waals surface area contributed by atoms with E-state index in [0.29, 0.717) is 17.7 Å². The van der Waals surface area contributed by atoms with Gasteiger partial charge in [0.15, 0.2) is 11.5 Å². The van der Waals surface area contributed by atoms with E-state index >= 15 is 0 Å². The smallest absolute Gasteiger partial charge is 0.274 e. The van der Waals surface area contributed by atoms with Gasteiger partial charge in [-0.15, -0.1) is 0 Å². The molecule has 57 heavy (non-hydrogen) atoms. The van der Waals surface area contributed by atoms with Crippen molar-refractivity contribution in [1.29, 1.82) is 0 Å². The second-order valence-corrected chi connectivity index (χ2v) is 16.4. The Bertz CT molecular complexity index is 1680. The van der Waals surface area contributed by atoms with Crippen LogP contribution in [0.25, 0.3) is 11.3 Å². The number of nitrogens with zero attached hydrogens (tertiary/aromatic N) is 1. The predicted molar refractivity (Wildman–Crippen MR) is 232 cm³/mol. The van der Waals surface area contributed by atoms with Crippen LogP contribution >= 0.6 is 21.6 Å². The highest BCUT2D eigenvalue weighted by atomic mass is 33.1. The van der Waals surface area contributed by atoms with Crippen molar-refractivity contribution < 1.29 is 33.9 Å². The summed E-state index contributed by atoms with van der Waals surface area (Å²) in [7, 11) is 2.39. The predicted octanol–water partition coefficient (Wildman–Crippen LogP) is 6.52. The number of hydrogen-bond donors (Lipinski definition) is 6. The lowest BCUT2D eigenvalue weighted by molar-refractivity contribution is -0.126. The molecule has 0 radical (unpaired) electrons. The molecule has 0 spiro atoms. The first-order valence-corrected chi connectivity index (χ1v) is 21.5. The maximum Gasteiger partial charge on any atom is 0.274 e. The van der Waals surface area contributed by atoms with Crippen LogP contribution in [-0.4, -0.2) is 80.8 Å². The van der Waals surface area contributed by atoms with E-state index in [1.165, 1.54) is 27.7 Å². The van der Waals surface area contributed by atoms with E-state index in [1.54, 1.807) is 26.0 Å². The molecule has 0 aliphatic carbocycles. The Balaban J connectivity index is 1.82. The number of nitrogens with one attached hydrogen (secondary N) is 3. The molecule has 14 heteroatoms. The minimum atomic E-state index is -1.19. The van der Waals surface area contributed by atoms with Crippen molar-refractivity contribution in [2.45, 2.75) is 95.0 Å². The van der Waals surface area contributed by atoms with E-state index < -0.39 is 53.8 Å². The molecule has 0 aliphatic rings. The van der Waals surface area contributed by atoms with Gasteiger partial charge in [-0.05, 0) is 58.8 Å². The van der Waals surface area contributed by atoms with Crippen LogP contribution < -0.4 is 21.7 Å². The molecule has 1 aromatic carbocycles. The van der Waals surface area contributed by atoms with E-state index in [2.05, 4.69) is 88.8 Å². The minimum Gasteiger partial charge on any atom is -0.394 e. The van der Waals surface area contributed by atoms with Gasteiger partial charge >= 0.3 is 0 Å². The molecule has 7 N–H and O–H groups in total. The number of aliphatic hydroxyl groups is 2. The molecule has 2 aromatic rings. The lowest BCUT2D eigenvalue weighted by Crippen LogP contribution is -2.58. The molecule has 1 heterocycles. The molecule has 0 bridgehead atoms. The standard InChI is InChI=1S/C43H59N5O7S2/c1-4-5-6-7-8-9-10-11-12-13-14-15-16-17-18-19-20-21-25-28-38(51)46-36(40(44)52)32-56-57-43(2,3)39(42(54)45-34(30-49)31-50)47-41(53)35-29-37(55-48-35)33-26-23-22-24-27-33/h5-6,8-9,11-12,14-15,17-18,20-24,26-27,29,34,36,39,49-50H,4,7,10,13,16,19,25,28,30-32H2,1-3H3,(H2,44,52)(H,45,54)(H,46,51)(H,47,53)/b6-5-,9-8-,12-11-,15-14-,18-17-,21-20-/t36-,39+/m0/s1. The molecule has 2 rings (SSSR count). The van der Waals surface area contributed by atoms with E-state index in [1.807, 2.05) is 30.4 Å². The van der Waals surface area contributed by atoms with Crippen LogP contribution in [0.15, 0.2) is 114 Å². The molecule has 0 saturated carbocycles. The molecule has 2 atom stereocenters. The minimum absolute atomic E-state index is 0.0542. The summed E-state index contributed by atoms with van der Waals surface area (Å²) in [6, 6.07) is 7.41. The first-order chi connectivity index (χ1) is 27.5. The second-order valence-electron chi connectivity index (χ2n) is 13.4. The van der Waals surface area contributed by atoms with E-state index in [0.717, 1.165) is 38.5 Å². The van der Waals surface area contributed by atoms with Gasteiger partial charge in [-0.3, -0.25) is 19.2 Å². The monoisotopic (exact) mass is 821 g/mol. The average molecular weight is 822 g/mol. The summed E-state index contributed by atoms with van der Waals surface area (Å²) in [5.41, 5.74) is 6.27. The fourth-order valence-electron chi connectivity index (χ4n) is 4.93. The molecule has 0 aliphatic heterocycles. The summed E-state index contributed by atoms with van der Waals surface area (Å²) in [5.74, 6) is -1.91. The van der Waals surface area contributed by atoms with Crippen molar-refractivity contribution >= 4 is 45.2 Å². The zero-order valence-electron chi connectivity index (χ0n) is 33.2. The zero-order valence-corrected chi connectivity index (χ0v) is 34.8. The van der Waals surface area contributed by atoms with Gasteiger partial charge in [0.05, 0.1) is 19.3 Å². The molecule has 1 aromatic heterocycles. The molecule has 12 nitrogen and oxygen atoms in total. The molecule has 4 amide bonds. The lowest BCUT2D eigenvalue weighted by atomic mass is 10.0. The molecular weight excluding hydrogens is 763 g/mol.